The number of aliphatic imine (C=N–C) groups is 1. The number of nitrogens with zero attached hydrogens (tertiary/aromatic N) is 6. The van der Waals surface area contributed by atoms with E-state index >= 15 is 0 Å². The molecule has 1 aliphatic heterocycles. The van der Waals surface area contributed by atoms with Gasteiger partial charge in [-0.2, -0.15) is 0 Å². The summed E-state index contributed by atoms with van der Waals surface area (Å²) in [6.07, 6.45) is 4.69. The van der Waals surface area contributed by atoms with Gasteiger partial charge in [-0.25, -0.2) is 15.0 Å². The van der Waals surface area contributed by atoms with Crippen molar-refractivity contribution in [3.63, 3.8) is 0 Å². The van der Waals surface area contributed by atoms with Crippen molar-refractivity contribution in [1.29, 1.82) is 0 Å². The van der Waals surface area contributed by atoms with Crippen LogP contribution in [0.25, 0.3) is 0 Å². The molecule has 3 heterocycles. The Kier molecular flexibility index (Phi) is 7.55. The van der Waals surface area contributed by atoms with E-state index in [2.05, 4.69) is 47.3 Å². The minimum Gasteiger partial charge on any atom is -0.356 e. The number of thiazole rings is 1. The highest BCUT2D eigenvalue weighted by atomic mass is 32.1. The van der Waals surface area contributed by atoms with Gasteiger partial charge < -0.3 is 15.5 Å². The molecule has 9 heteroatoms. The molecule has 152 valence electrons. The highest BCUT2D eigenvalue weighted by molar-refractivity contribution is 7.11. The summed E-state index contributed by atoms with van der Waals surface area (Å²) in [6, 6.07) is 1.86. The molecular formula is C19H30N8S. The lowest BCUT2D eigenvalue weighted by molar-refractivity contribution is 0.254. The molecule has 2 N–H and O–H groups in total. The summed E-state index contributed by atoms with van der Waals surface area (Å²) in [5, 5.41) is 7.89. The number of piperazine rings is 1. The third-order valence-corrected chi connectivity index (χ3v) is 5.86. The molecule has 0 spiro atoms. The number of aromatic nitrogens is 3. The number of guanidine groups is 1. The zero-order valence-corrected chi connectivity index (χ0v) is 17.8. The van der Waals surface area contributed by atoms with Crippen molar-refractivity contribution in [2.24, 2.45) is 4.99 Å². The monoisotopic (exact) mass is 402 g/mol. The van der Waals surface area contributed by atoms with Crippen molar-refractivity contribution in [2.45, 2.75) is 26.8 Å². The number of nitrogens with one attached hydrogen (secondary N) is 2. The predicted molar refractivity (Wildman–Crippen MR) is 115 cm³/mol. The first-order valence-electron chi connectivity index (χ1n) is 9.77. The van der Waals surface area contributed by atoms with E-state index in [0.717, 1.165) is 74.8 Å². The molecule has 28 heavy (non-hydrogen) atoms. The Balaban J connectivity index is 1.31. The second kappa shape index (κ2) is 10.3. The first-order valence-corrected chi connectivity index (χ1v) is 10.6. The summed E-state index contributed by atoms with van der Waals surface area (Å²) < 4.78 is 0. The topological polar surface area (TPSA) is 81.6 Å². The maximum absolute atomic E-state index is 4.47. The van der Waals surface area contributed by atoms with Crippen LogP contribution in [0.2, 0.25) is 0 Å². The summed E-state index contributed by atoms with van der Waals surface area (Å²) in [5.41, 5.74) is 1.10. The number of aryl methyl sites for hydroxylation is 2. The lowest BCUT2D eigenvalue weighted by Crippen LogP contribution is -2.47. The van der Waals surface area contributed by atoms with Crippen molar-refractivity contribution < 1.29 is 0 Å². The van der Waals surface area contributed by atoms with Crippen molar-refractivity contribution in [2.75, 3.05) is 51.2 Å². The van der Waals surface area contributed by atoms with Gasteiger partial charge in [0.15, 0.2) is 5.96 Å². The quantitative estimate of drug-likeness (QED) is 0.412. The average Bonchev–Trinajstić information content (AvgIpc) is 3.05. The molecule has 1 saturated heterocycles. The third-order valence-electron chi connectivity index (χ3n) is 4.79. The van der Waals surface area contributed by atoms with E-state index in [0.29, 0.717) is 0 Å². The van der Waals surface area contributed by atoms with Crippen LogP contribution in [-0.4, -0.2) is 72.1 Å². The first-order chi connectivity index (χ1) is 13.7. The van der Waals surface area contributed by atoms with Crippen molar-refractivity contribution in [3.05, 3.63) is 34.0 Å². The molecule has 0 aliphatic carbocycles. The summed E-state index contributed by atoms with van der Waals surface area (Å²) in [5.74, 6) is 1.68. The molecule has 2 aromatic rings. The second-order valence-corrected chi connectivity index (χ2v) is 8.11. The van der Waals surface area contributed by atoms with Gasteiger partial charge in [0.1, 0.15) is 0 Å². The second-order valence-electron chi connectivity index (χ2n) is 6.83. The Morgan fingerprint density at radius 2 is 1.89 bits per heavy atom. The summed E-state index contributed by atoms with van der Waals surface area (Å²) in [7, 11) is 1.81. The molecule has 0 amide bonds. The molecule has 0 radical (unpaired) electrons. The van der Waals surface area contributed by atoms with Gasteiger partial charge in [0, 0.05) is 57.0 Å². The van der Waals surface area contributed by atoms with Crippen LogP contribution in [-0.2, 0) is 6.54 Å². The van der Waals surface area contributed by atoms with E-state index in [9.17, 15) is 0 Å². The summed E-state index contributed by atoms with van der Waals surface area (Å²) in [6.45, 7) is 10.9. The summed E-state index contributed by atoms with van der Waals surface area (Å²) >= 11 is 1.74. The highest BCUT2D eigenvalue weighted by Crippen LogP contribution is 2.16. The van der Waals surface area contributed by atoms with Gasteiger partial charge in [0.05, 0.1) is 17.2 Å². The average molecular weight is 403 g/mol. The van der Waals surface area contributed by atoms with Gasteiger partial charge in [-0.3, -0.25) is 9.89 Å². The largest absolute Gasteiger partial charge is 0.356 e. The Labute approximate surface area is 171 Å². The fourth-order valence-electron chi connectivity index (χ4n) is 3.26. The zero-order valence-electron chi connectivity index (χ0n) is 17.0. The molecule has 0 saturated carbocycles. The smallest absolute Gasteiger partial charge is 0.225 e. The number of hydrogen-bond acceptors (Lipinski definition) is 7. The molecule has 8 nitrogen and oxygen atoms in total. The molecule has 0 atom stereocenters. The van der Waals surface area contributed by atoms with E-state index in [-0.39, 0.29) is 0 Å². The van der Waals surface area contributed by atoms with Gasteiger partial charge >= 0.3 is 0 Å². The van der Waals surface area contributed by atoms with Gasteiger partial charge in [-0.1, -0.05) is 0 Å². The molecular weight excluding hydrogens is 372 g/mol. The fourth-order valence-corrected chi connectivity index (χ4v) is 4.13. The van der Waals surface area contributed by atoms with Gasteiger partial charge in [-0.15, -0.1) is 11.3 Å². The number of hydrogen-bond donors (Lipinski definition) is 2. The van der Waals surface area contributed by atoms with Crippen LogP contribution in [0.15, 0.2) is 23.5 Å². The number of anilines is 1. The van der Waals surface area contributed by atoms with Gasteiger partial charge in [0.25, 0.3) is 0 Å². The first kappa shape index (κ1) is 20.5. The normalized spacial score (nSPS) is 15.7. The van der Waals surface area contributed by atoms with Crippen LogP contribution < -0.4 is 15.5 Å². The zero-order chi connectivity index (χ0) is 19.8. The van der Waals surface area contributed by atoms with Gasteiger partial charge in [0.2, 0.25) is 5.95 Å². The maximum atomic E-state index is 4.47. The third kappa shape index (κ3) is 5.87. The maximum Gasteiger partial charge on any atom is 0.225 e. The Bertz CT molecular complexity index is 753. The van der Waals surface area contributed by atoms with Crippen LogP contribution in [0.5, 0.6) is 0 Å². The Morgan fingerprint density at radius 3 is 2.54 bits per heavy atom. The van der Waals surface area contributed by atoms with Crippen LogP contribution in [0.3, 0.4) is 0 Å². The van der Waals surface area contributed by atoms with E-state index in [4.69, 9.17) is 0 Å². The number of rotatable bonds is 7. The van der Waals surface area contributed by atoms with E-state index < -0.39 is 0 Å². The van der Waals surface area contributed by atoms with E-state index in [1.807, 2.05) is 20.0 Å². The molecule has 0 unspecified atom stereocenters. The molecule has 0 bridgehead atoms. The van der Waals surface area contributed by atoms with Crippen LogP contribution in [0.1, 0.15) is 22.0 Å². The van der Waals surface area contributed by atoms with Crippen LogP contribution >= 0.6 is 11.3 Å². The lowest BCUT2D eigenvalue weighted by atomic mass is 10.3. The van der Waals surface area contributed by atoms with Crippen LogP contribution in [0.4, 0.5) is 5.95 Å². The van der Waals surface area contributed by atoms with Crippen molar-refractivity contribution >= 4 is 23.2 Å². The lowest BCUT2D eigenvalue weighted by Gasteiger charge is -2.34. The van der Waals surface area contributed by atoms with Gasteiger partial charge in [-0.05, 0) is 32.9 Å². The standard InChI is InChI=1S/C19H30N8S/c1-15-17(28-16(2)25-15)14-24-18(20-3)21-8-5-9-26-10-12-27(13-11-26)19-22-6-4-7-23-19/h4,6-7H,5,8-14H2,1-3H3,(H2,20,21,24). The Morgan fingerprint density at radius 1 is 1.14 bits per heavy atom. The highest BCUT2D eigenvalue weighted by Gasteiger charge is 2.18. The molecule has 1 aliphatic rings. The predicted octanol–water partition coefficient (Wildman–Crippen LogP) is 1.43. The fraction of sp³-hybridized carbons (Fsp3) is 0.579. The van der Waals surface area contributed by atoms with E-state index in [1.165, 1.54) is 4.88 Å². The molecule has 3 rings (SSSR count). The SMILES string of the molecule is CN=C(NCCCN1CCN(c2ncccn2)CC1)NCc1sc(C)nc1C. The van der Waals surface area contributed by atoms with Crippen molar-refractivity contribution in [1.82, 2.24) is 30.5 Å². The summed E-state index contributed by atoms with van der Waals surface area (Å²) in [4.78, 5) is 23.5. The minimum atomic E-state index is 0.764. The molecule has 2 aromatic heterocycles. The van der Waals surface area contributed by atoms with Crippen LogP contribution in [0, 0.1) is 13.8 Å². The van der Waals surface area contributed by atoms with Crippen molar-refractivity contribution in [3.8, 4) is 0 Å². The minimum absolute atomic E-state index is 0.764. The molecule has 1 fully saturated rings. The Hall–Kier alpha value is -2.26. The van der Waals surface area contributed by atoms with E-state index in [1.54, 1.807) is 23.7 Å². The molecule has 0 aromatic carbocycles.